The van der Waals surface area contributed by atoms with E-state index in [1.807, 2.05) is 26.0 Å². The minimum atomic E-state index is -0.568. The predicted molar refractivity (Wildman–Crippen MR) is 80.4 cm³/mol. The van der Waals surface area contributed by atoms with E-state index in [2.05, 4.69) is 31.0 Å². The minimum absolute atomic E-state index is 0.264. The van der Waals surface area contributed by atoms with E-state index in [0.29, 0.717) is 31.4 Å². The zero-order chi connectivity index (χ0) is 14.3. The molecule has 0 unspecified atom stereocenters. The largest absolute Gasteiger partial charge is 0.419 e. The molecule has 0 bridgehead atoms. The third kappa shape index (κ3) is 2.67. The summed E-state index contributed by atoms with van der Waals surface area (Å²) in [5.74, 6) is 1.41. The molecule has 0 radical (unpaired) electrons. The van der Waals surface area contributed by atoms with E-state index in [1.165, 1.54) is 0 Å². The Morgan fingerprint density at radius 2 is 2.20 bits per heavy atom. The third-order valence-corrected chi connectivity index (χ3v) is 5.29. The second-order valence-corrected chi connectivity index (χ2v) is 7.97. The predicted octanol–water partition coefficient (Wildman–Crippen LogP) is 2.76. The van der Waals surface area contributed by atoms with E-state index < -0.39 is 5.60 Å². The number of likely N-dealkylation sites (tertiary alicyclic amines) is 1. The van der Waals surface area contributed by atoms with Gasteiger partial charge in [-0.15, -0.1) is 21.5 Å². The van der Waals surface area contributed by atoms with Crippen LogP contribution >= 0.6 is 27.3 Å². The average Bonchev–Trinajstić information content (AvgIpc) is 2.95. The summed E-state index contributed by atoms with van der Waals surface area (Å²) >= 11 is 4.98. The summed E-state index contributed by atoms with van der Waals surface area (Å²) in [5.41, 5.74) is -0.568. The van der Waals surface area contributed by atoms with Gasteiger partial charge in [0.1, 0.15) is 0 Å². The SMILES string of the molecule is CC(C)C1(O)CN(Cc2nnc(-c3ccc(Br)s3)o2)C1. The van der Waals surface area contributed by atoms with Crippen molar-refractivity contribution in [2.45, 2.75) is 26.0 Å². The van der Waals surface area contributed by atoms with Gasteiger partial charge in [0.15, 0.2) is 0 Å². The Morgan fingerprint density at radius 3 is 2.80 bits per heavy atom. The third-order valence-electron chi connectivity index (χ3n) is 3.68. The van der Waals surface area contributed by atoms with Crippen LogP contribution in [0.2, 0.25) is 0 Å². The summed E-state index contributed by atoms with van der Waals surface area (Å²) in [6.45, 7) is 5.99. The quantitative estimate of drug-likeness (QED) is 0.911. The van der Waals surface area contributed by atoms with Gasteiger partial charge in [-0.25, -0.2) is 0 Å². The van der Waals surface area contributed by atoms with Crippen LogP contribution in [0.5, 0.6) is 0 Å². The molecule has 3 rings (SSSR count). The highest BCUT2D eigenvalue weighted by atomic mass is 79.9. The van der Waals surface area contributed by atoms with Crippen molar-refractivity contribution in [2.24, 2.45) is 5.92 Å². The van der Waals surface area contributed by atoms with Crippen molar-refractivity contribution < 1.29 is 9.52 Å². The molecule has 1 N–H and O–H groups in total. The van der Waals surface area contributed by atoms with E-state index in [-0.39, 0.29) is 5.92 Å². The van der Waals surface area contributed by atoms with Crippen LogP contribution in [0.3, 0.4) is 0 Å². The second-order valence-electron chi connectivity index (χ2n) is 5.51. The van der Waals surface area contributed by atoms with Crippen molar-refractivity contribution >= 4 is 27.3 Å². The van der Waals surface area contributed by atoms with Crippen molar-refractivity contribution in [1.29, 1.82) is 0 Å². The molecule has 1 fully saturated rings. The molecule has 0 aromatic carbocycles. The molecule has 1 aliphatic heterocycles. The lowest BCUT2D eigenvalue weighted by Crippen LogP contribution is -2.63. The summed E-state index contributed by atoms with van der Waals surface area (Å²) < 4.78 is 6.70. The first kappa shape index (κ1) is 14.2. The Bertz CT molecular complexity index is 604. The molecule has 7 heteroatoms. The highest BCUT2D eigenvalue weighted by Gasteiger charge is 2.43. The first-order valence-corrected chi connectivity index (χ1v) is 8.10. The maximum atomic E-state index is 10.2. The fourth-order valence-electron chi connectivity index (χ4n) is 2.24. The Labute approximate surface area is 129 Å². The van der Waals surface area contributed by atoms with E-state index in [0.717, 1.165) is 8.66 Å². The van der Waals surface area contributed by atoms with Gasteiger partial charge in [0.25, 0.3) is 5.89 Å². The molecule has 0 aliphatic carbocycles. The van der Waals surface area contributed by atoms with Crippen LogP contribution in [-0.2, 0) is 6.54 Å². The van der Waals surface area contributed by atoms with Gasteiger partial charge < -0.3 is 9.52 Å². The topological polar surface area (TPSA) is 62.4 Å². The maximum absolute atomic E-state index is 10.2. The van der Waals surface area contributed by atoms with Gasteiger partial charge in [0, 0.05) is 13.1 Å². The van der Waals surface area contributed by atoms with Gasteiger partial charge in [-0.3, -0.25) is 4.90 Å². The monoisotopic (exact) mass is 357 g/mol. The zero-order valence-electron chi connectivity index (χ0n) is 11.3. The minimum Gasteiger partial charge on any atom is -0.419 e. The van der Waals surface area contributed by atoms with E-state index in [9.17, 15) is 5.11 Å². The fourth-order valence-corrected chi connectivity index (χ4v) is 3.55. The molecule has 2 aromatic rings. The second kappa shape index (κ2) is 5.22. The Kier molecular flexibility index (Phi) is 3.70. The fraction of sp³-hybridized carbons (Fsp3) is 0.538. The number of β-amino-alcohol motifs (C(OH)–C–C–N with tert-alkyl or cyclic N) is 1. The molecule has 5 nitrogen and oxygen atoms in total. The number of nitrogens with zero attached hydrogens (tertiary/aromatic N) is 3. The number of rotatable bonds is 4. The van der Waals surface area contributed by atoms with Crippen LogP contribution in [0.15, 0.2) is 20.3 Å². The van der Waals surface area contributed by atoms with Crippen molar-refractivity contribution in [3.05, 3.63) is 21.8 Å². The Morgan fingerprint density at radius 1 is 1.45 bits per heavy atom. The summed E-state index contributed by atoms with van der Waals surface area (Å²) in [5, 5.41) is 18.3. The van der Waals surface area contributed by atoms with Gasteiger partial charge in [-0.2, -0.15) is 0 Å². The first-order chi connectivity index (χ1) is 9.46. The number of hydrogen-bond acceptors (Lipinski definition) is 6. The van der Waals surface area contributed by atoms with Crippen LogP contribution in [0.25, 0.3) is 10.8 Å². The van der Waals surface area contributed by atoms with Crippen LogP contribution in [0.4, 0.5) is 0 Å². The molecule has 0 atom stereocenters. The van der Waals surface area contributed by atoms with Crippen LogP contribution < -0.4 is 0 Å². The van der Waals surface area contributed by atoms with Crippen LogP contribution in [-0.4, -0.2) is 38.9 Å². The summed E-state index contributed by atoms with van der Waals surface area (Å²) in [6.07, 6.45) is 0. The lowest BCUT2D eigenvalue weighted by atomic mass is 9.83. The maximum Gasteiger partial charge on any atom is 0.257 e. The van der Waals surface area contributed by atoms with E-state index >= 15 is 0 Å². The normalized spacial score (nSPS) is 18.4. The molecular formula is C13H16BrN3O2S. The molecule has 2 aromatic heterocycles. The smallest absolute Gasteiger partial charge is 0.257 e. The van der Waals surface area contributed by atoms with E-state index in [1.54, 1.807) is 11.3 Å². The first-order valence-electron chi connectivity index (χ1n) is 6.49. The molecular weight excluding hydrogens is 342 g/mol. The highest BCUT2D eigenvalue weighted by molar-refractivity contribution is 9.11. The summed E-state index contributed by atoms with van der Waals surface area (Å²) in [7, 11) is 0. The van der Waals surface area contributed by atoms with E-state index in [4.69, 9.17) is 4.42 Å². The Balaban J connectivity index is 1.62. The zero-order valence-corrected chi connectivity index (χ0v) is 13.7. The van der Waals surface area contributed by atoms with Crippen molar-refractivity contribution in [2.75, 3.05) is 13.1 Å². The molecule has 0 amide bonds. The van der Waals surface area contributed by atoms with Crippen molar-refractivity contribution in [3.63, 3.8) is 0 Å². The van der Waals surface area contributed by atoms with Gasteiger partial charge in [0.2, 0.25) is 5.89 Å². The molecule has 0 spiro atoms. The van der Waals surface area contributed by atoms with Crippen molar-refractivity contribution in [1.82, 2.24) is 15.1 Å². The summed E-state index contributed by atoms with van der Waals surface area (Å²) in [6, 6.07) is 3.91. The number of hydrogen-bond donors (Lipinski definition) is 1. The molecule has 1 saturated heterocycles. The number of aliphatic hydroxyl groups is 1. The number of thiophene rings is 1. The number of halogens is 1. The van der Waals surface area contributed by atoms with Gasteiger partial charge in [-0.1, -0.05) is 13.8 Å². The van der Waals surface area contributed by atoms with Gasteiger partial charge in [-0.05, 0) is 34.0 Å². The highest BCUT2D eigenvalue weighted by Crippen LogP contribution is 2.32. The van der Waals surface area contributed by atoms with Gasteiger partial charge in [0.05, 0.1) is 20.8 Å². The number of aromatic nitrogens is 2. The average molecular weight is 358 g/mol. The molecule has 1 aliphatic rings. The molecule has 3 heterocycles. The standard InChI is InChI=1S/C13H16BrN3O2S/c1-8(2)13(18)6-17(7-13)5-11-15-16-12(19-11)9-3-4-10(14)20-9/h3-4,8,18H,5-7H2,1-2H3. The lowest BCUT2D eigenvalue weighted by Gasteiger charge is -2.48. The molecule has 108 valence electrons. The van der Waals surface area contributed by atoms with Crippen molar-refractivity contribution in [3.8, 4) is 10.8 Å². The molecule has 0 saturated carbocycles. The van der Waals surface area contributed by atoms with Gasteiger partial charge >= 0.3 is 0 Å². The lowest BCUT2D eigenvalue weighted by molar-refractivity contribution is -0.132. The van der Waals surface area contributed by atoms with Crippen LogP contribution in [0, 0.1) is 5.92 Å². The van der Waals surface area contributed by atoms with Crippen LogP contribution in [0.1, 0.15) is 19.7 Å². The Hall–Kier alpha value is -0.760. The molecule has 20 heavy (non-hydrogen) atoms. The summed E-state index contributed by atoms with van der Waals surface area (Å²) in [4.78, 5) is 3.07.